The van der Waals surface area contributed by atoms with Crippen LogP contribution in [0, 0.1) is 0 Å². The van der Waals surface area contributed by atoms with Crippen LogP contribution in [0.2, 0.25) is 0 Å². The fourth-order valence-electron chi connectivity index (χ4n) is 3.98. The first kappa shape index (κ1) is 21.8. The quantitative estimate of drug-likeness (QED) is 0.532. The highest BCUT2D eigenvalue weighted by molar-refractivity contribution is 7.12. The lowest BCUT2D eigenvalue weighted by atomic mass is 9.94. The number of hydrogen-bond acceptors (Lipinski definition) is 5. The van der Waals surface area contributed by atoms with Crippen LogP contribution in [-0.4, -0.2) is 22.2 Å². The number of halogens is 3. The highest BCUT2D eigenvalue weighted by Crippen LogP contribution is 2.42. The predicted octanol–water partition coefficient (Wildman–Crippen LogP) is 5.37. The number of alkyl halides is 3. The third-order valence-corrected chi connectivity index (χ3v) is 6.72. The molecule has 1 saturated carbocycles. The van der Waals surface area contributed by atoms with Gasteiger partial charge in [0.2, 0.25) is 0 Å². The fraction of sp³-hybridized carbons (Fsp3) is 0.348. The maximum Gasteiger partial charge on any atom is 0.427 e. The van der Waals surface area contributed by atoms with Crippen molar-refractivity contribution in [1.29, 1.82) is 0 Å². The molecular weight excluding hydrogens is 425 g/mol. The zero-order valence-electron chi connectivity index (χ0n) is 16.7. The minimum absolute atomic E-state index is 0.0244. The van der Waals surface area contributed by atoms with E-state index in [-0.39, 0.29) is 29.8 Å². The van der Waals surface area contributed by atoms with Crippen LogP contribution in [0.5, 0.6) is 5.75 Å². The summed E-state index contributed by atoms with van der Waals surface area (Å²) in [6, 6.07) is 15.9. The number of hydrogen-bond donors (Lipinski definition) is 2. The molecule has 164 valence electrons. The number of ether oxygens (including phenoxy) is 1. The zero-order chi connectivity index (χ0) is 22.1. The molecule has 8 heteroatoms. The van der Waals surface area contributed by atoms with Crippen LogP contribution in [-0.2, 0) is 12.8 Å². The van der Waals surface area contributed by atoms with E-state index in [2.05, 4.69) is 4.98 Å². The Hall–Kier alpha value is -2.42. The van der Waals surface area contributed by atoms with Crippen molar-refractivity contribution in [1.82, 2.24) is 4.98 Å². The van der Waals surface area contributed by atoms with E-state index in [0.29, 0.717) is 22.6 Å². The third kappa shape index (κ3) is 4.92. The summed E-state index contributed by atoms with van der Waals surface area (Å²) in [7, 11) is 0. The van der Waals surface area contributed by atoms with Crippen molar-refractivity contribution in [3.63, 3.8) is 0 Å². The molecule has 0 amide bonds. The summed E-state index contributed by atoms with van der Waals surface area (Å²) in [6.07, 6.45) is -2.05. The molecular formula is C23H23F3N2O2S. The minimum Gasteiger partial charge on any atom is -0.486 e. The molecule has 0 aliphatic heterocycles. The molecule has 2 atom stereocenters. The number of aliphatic hydroxyl groups is 1. The molecule has 3 N–H and O–H groups in total. The van der Waals surface area contributed by atoms with Crippen molar-refractivity contribution in [2.45, 2.75) is 43.5 Å². The van der Waals surface area contributed by atoms with E-state index in [9.17, 15) is 18.3 Å². The van der Waals surface area contributed by atoms with Gasteiger partial charge in [-0.25, -0.2) is 4.98 Å². The molecule has 0 spiro atoms. The van der Waals surface area contributed by atoms with Crippen molar-refractivity contribution in [2.24, 2.45) is 5.73 Å². The monoisotopic (exact) mass is 448 g/mol. The van der Waals surface area contributed by atoms with E-state index in [1.165, 1.54) is 0 Å². The smallest absolute Gasteiger partial charge is 0.427 e. The van der Waals surface area contributed by atoms with Gasteiger partial charge in [0, 0.05) is 11.1 Å². The molecule has 4 rings (SSSR count). The average molecular weight is 449 g/mol. The molecule has 0 bridgehead atoms. The van der Waals surface area contributed by atoms with Crippen LogP contribution in [0.3, 0.4) is 0 Å². The average Bonchev–Trinajstić information content (AvgIpc) is 3.38. The maximum absolute atomic E-state index is 13.5. The Morgan fingerprint density at radius 1 is 1.13 bits per heavy atom. The largest absolute Gasteiger partial charge is 0.486 e. The highest BCUT2D eigenvalue weighted by Gasteiger charge is 2.38. The maximum atomic E-state index is 13.5. The van der Waals surface area contributed by atoms with Crippen molar-refractivity contribution in [2.75, 3.05) is 6.61 Å². The molecule has 1 fully saturated rings. The van der Waals surface area contributed by atoms with Crippen LogP contribution in [0.25, 0.3) is 11.3 Å². The van der Waals surface area contributed by atoms with Gasteiger partial charge in [0.15, 0.2) is 0 Å². The normalized spacial score (nSPS) is 21.4. The summed E-state index contributed by atoms with van der Waals surface area (Å²) in [4.78, 5) is 3.48. The molecule has 31 heavy (non-hydrogen) atoms. The summed E-state index contributed by atoms with van der Waals surface area (Å²) in [5.41, 5.74) is 7.12. The van der Waals surface area contributed by atoms with Crippen molar-refractivity contribution >= 4 is 11.3 Å². The summed E-state index contributed by atoms with van der Waals surface area (Å²) in [5, 5.41) is 9.70. The molecule has 4 nitrogen and oxygen atoms in total. The van der Waals surface area contributed by atoms with E-state index < -0.39 is 16.6 Å². The van der Waals surface area contributed by atoms with Gasteiger partial charge in [0.1, 0.15) is 22.2 Å². The van der Waals surface area contributed by atoms with Crippen LogP contribution >= 0.6 is 11.3 Å². The number of nitrogens with zero attached hydrogens (tertiary/aromatic N) is 1. The Morgan fingerprint density at radius 2 is 1.84 bits per heavy atom. The molecule has 0 radical (unpaired) electrons. The SMILES string of the molecule is NC1(CO)CCC(c2ccc(OCc3nc(-c4ccccc4)c(C(F)(F)F)s3)cc2)C1. The van der Waals surface area contributed by atoms with Gasteiger partial charge in [-0.05, 0) is 42.9 Å². The Kier molecular flexibility index (Phi) is 6.05. The first-order valence-electron chi connectivity index (χ1n) is 10.0. The number of nitrogens with two attached hydrogens (primary N) is 1. The summed E-state index contributed by atoms with van der Waals surface area (Å²) >= 11 is 0.608. The van der Waals surface area contributed by atoms with E-state index >= 15 is 0 Å². The minimum atomic E-state index is -4.48. The van der Waals surface area contributed by atoms with E-state index in [0.717, 1.165) is 24.8 Å². The Balaban J connectivity index is 1.45. The van der Waals surface area contributed by atoms with Crippen molar-refractivity contribution in [3.8, 4) is 17.0 Å². The second kappa shape index (κ2) is 8.61. The van der Waals surface area contributed by atoms with E-state index in [4.69, 9.17) is 10.5 Å². The second-order valence-electron chi connectivity index (χ2n) is 7.97. The van der Waals surface area contributed by atoms with Crippen LogP contribution < -0.4 is 10.5 Å². The standard InChI is InChI=1S/C23H23F3N2O2S/c24-23(25,26)21-20(16-4-2-1-3-5-16)28-19(31-21)13-30-18-8-6-15(7-9-18)17-10-11-22(27,12-17)14-29/h1-9,17,29H,10-14,27H2. The van der Waals surface area contributed by atoms with Gasteiger partial charge in [-0.2, -0.15) is 13.2 Å². The lowest BCUT2D eigenvalue weighted by Gasteiger charge is -2.20. The summed E-state index contributed by atoms with van der Waals surface area (Å²) in [5.74, 6) is 0.848. The van der Waals surface area contributed by atoms with Gasteiger partial charge < -0.3 is 15.6 Å². The predicted molar refractivity (Wildman–Crippen MR) is 114 cm³/mol. The first-order valence-corrected chi connectivity index (χ1v) is 10.8. The molecule has 2 unspecified atom stereocenters. The molecule has 1 heterocycles. The van der Waals surface area contributed by atoms with Crippen LogP contribution in [0.1, 0.15) is 40.6 Å². The van der Waals surface area contributed by atoms with Crippen LogP contribution in [0.4, 0.5) is 13.2 Å². The van der Waals surface area contributed by atoms with Gasteiger partial charge in [0.25, 0.3) is 0 Å². The van der Waals surface area contributed by atoms with Gasteiger partial charge in [-0.15, -0.1) is 11.3 Å². The summed E-state index contributed by atoms with van der Waals surface area (Å²) in [6.45, 7) is -0.0663. The van der Waals surface area contributed by atoms with Crippen LogP contribution in [0.15, 0.2) is 54.6 Å². The Morgan fingerprint density at radius 3 is 2.45 bits per heavy atom. The number of benzene rings is 2. The Bertz CT molecular complexity index is 1020. The van der Waals surface area contributed by atoms with Gasteiger partial charge in [-0.1, -0.05) is 42.5 Å². The molecule has 1 aromatic heterocycles. The molecule has 1 aliphatic carbocycles. The van der Waals surface area contributed by atoms with Gasteiger partial charge >= 0.3 is 6.18 Å². The number of aromatic nitrogens is 1. The molecule has 2 aromatic carbocycles. The van der Waals surface area contributed by atoms with Crippen molar-refractivity contribution in [3.05, 3.63) is 70.0 Å². The molecule has 3 aromatic rings. The topological polar surface area (TPSA) is 68.4 Å². The zero-order valence-corrected chi connectivity index (χ0v) is 17.5. The lowest BCUT2D eigenvalue weighted by Crippen LogP contribution is -2.40. The highest BCUT2D eigenvalue weighted by atomic mass is 32.1. The summed E-state index contributed by atoms with van der Waals surface area (Å²) < 4.78 is 46.2. The fourth-order valence-corrected chi connectivity index (χ4v) is 4.84. The van der Waals surface area contributed by atoms with E-state index in [1.807, 2.05) is 12.1 Å². The molecule has 0 saturated heterocycles. The van der Waals surface area contributed by atoms with Gasteiger partial charge in [0.05, 0.1) is 12.3 Å². The number of thiazole rings is 1. The second-order valence-corrected chi connectivity index (χ2v) is 9.05. The Labute approximate surface area is 182 Å². The third-order valence-electron chi connectivity index (χ3n) is 5.65. The first-order chi connectivity index (χ1) is 14.8. The molecule has 1 aliphatic rings. The number of rotatable bonds is 6. The van der Waals surface area contributed by atoms with E-state index in [1.54, 1.807) is 42.5 Å². The van der Waals surface area contributed by atoms with Gasteiger partial charge in [-0.3, -0.25) is 0 Å². The number of aliphatic hydroxyl groups excluding tert-OH is 1. The van der Waals surface area contributed by atoms with Crippen molar-refractivity contribution < 1.29 is 23.0 Å². The lowest BCUT2D eigenvalue weighted by molar-refractivity contribution is -0.134.